The Balaban J connectivity index is 2.37. The average molecular weight is 161 g/mol. The number of rotatable bonds is 0. The molecule has 2 bridgehead atoms. The van der Waals surface area contributed by atoms with Crippen LogP contribution in [0.4, 0.5) is 0 Å². The molecule has 1 saturated heterocycles. The second-order valence-electron chi connectivity index (χ2n) is 3.77. The number of hydrogen-bond acceptors (Lipinski definition) is 2. The third kappa shape index (κ3) is 0.576. The monoisotopic (exact) mass is 160 g/mol. The topological polar surface area (TPSA) is 24.1 Å². The molecule has 2 nitrogen and oxygen atoms in total. The van der Waals surface area contributed by atoms with Gasteiger partial charge in [0.25, 0.3) is 0 Å². The summed E-state index contributed by atoms with van der Waals surface area (Å²) in [5.41, 5.74) is 6.56. The van der Waals surface area contributed by atoms with Gasteiger partial charge in [-0.15, -0.1) is 11.6 Å². The molecule has 0 aromatic heterocycles. The van der Waals surface area contributed by atoms with E-state index in [1.165, 1.54) is 12.8 Å². The van der Waals surface area contributed by atoms with Gasteiger partial charge in [0.05, 0.1) is 10.4 Å². The summed E-state index contributed by atoms with van der Waals surface area (Å²) in [5.74, 6) is 0. The van der Waals surface area contributed by atoms with Crippen molar-refractivity contribution in [3.8, 4) is 0 Å². The maximum Gasteiger partial charge on any atom is 0.0775 e. The van der Waals surface area contributed by atoms with Crippen molar-refractivity contribution in [2.45, 2.75) is 43.1 Å². The van der Waals surface area contributed by atoms with Gasteiger partial charge in [-0.2, -0.15) is 0 Å². The normalized spacial score (nSPS) is 59.7. The lowest BCUT2D eigenvalue weighted by molar-refractivity contribution is 0.328. The van der Waals surface area contributed by atoms with Crippen LogP contribution in [0.5, 0.6) is 0 Å². The molecule has 58 valence electrons. The molecule has 0 aromatic rings. The predicted molar refractivity (Wildman–Crippen MR) is 42.0 cm³/mol. The smallest absolute Gasteiger partial charge is 0.0775 e. The maximum atomic E-state index is 6.35. The summed E-state index contributed by atoms with van der Waals surface area (Å²) in [6, 6.07) is 0.458. The zero-order valence-corrected chi connectivity index (χ0v) is 7.13. The number of halogens is 1. The first-order valence-corrected chi connectivity index (χ1v) is 4.16. The van der Waals surface area contributed by atoms with Gasteiger partial charge in [-0.05, 0) is 26.7 Å². The quantitative estimate of drug-likeness (QED) is 0.517. The van der Waals surface area contributed by atoms with E-state index in [0.29, 0.717) is 6.04 Å². The van der Waals surface area contributed by atoms with Gasteiger partial charge in [0.2, 0.25) is 0 Å². The van der Waals surface area contributed by atoms with Crippen LogP contribution in [0.1, 0.15) is 26.7 Å². The molecule has 1 saturated carbocycles. The highest BCUT2D eigenvalue weighted by Crippen LogP contribution is 2.46. The van der Waals surface area contributed by atoms with Crippen molar-refractivity contribution in [3.63, 3.8) is 0 Å². The van der Waals surface area contributed by atoms with Crippen molar-refractivity contribution in [1.29, 1.82) is 0 Å². The van der Waals surface area contributed by atoms with E-state index in [9.17, 15) is 0 Å². The Morgan fingerprint density at radius 1 is 1.50 bits per heavy atom. The highest BCUT2D eigenvalue weighted by Gasteiger charge is 2.58. The Labute approximate surface area is 66.3 Å². The molecule has 3 heteroatoms. The van der Waals surface area contributed by atoms with Gasteiger partial charge in [-0.3, -0.25) is 5.43 Å². The van der Waals surface area contributed by atoms with Crippen LogP contribution in [0, 0.1) is 0 Å². The molecule has 3 atom stereocenters. The van der Waals surface area contributed by atoms with Crippen molar-refractivity contribution < 1.29 is 0 Å². The Kier molecular flexibility index (Phi) is 1.16. The van der Waals surface area contributed by atoms with Gasteiger partial charge < -0.3 is 0 Å². The Morgan fingerprint density at radius 3 is 2.30 bits per heavy atom. The lowest BCUT2D eigenvalue weighted by Crippen LogP contribution is -2.48. The van der Waals surface area contributed by atoms with Crippen LogP contribution in [0.25, 0.3) is 0 Å². The van der Waals surface area contributed by atoms with E-state index >= 15 is 0 Å². The molecule has 0 amide bonds. The highest BCUT2D eigenvalue weighted by molar-refractivity contribution is 6.25. The number of fused-ring (bicyclic) bond motifs is 2. The fourth-order valence-electron chi connectivity index (χ4n) is 1.97. The van der Waals surface area contributed by atoms with E-state index in [2.05, 4.69) is 24.7 Å². The fourth-order valence-corrected chi connectivity index (χ4v) is 2.28. The van der Waals surface area contributed by atoms with Gasteiger partial charge in [0.15, 0.2) is 0 Å². The SMILES string of the molecule is CC12CCC(NN1)C2(C)Cl. The number of hydrazine groups is 1. The largest absolute Gasteiger partial charge is 0.252 e. The Bertz CT molecular complexity index is 156. The molecule has 0 radical (unpaired) electrons. The fraction of sp³-hybridized carbons (Fsp3) is 1.00. The molecule has 3 unspecified atom stereocenters. The van der Waals surface area contributed by atoms with Gasteiger partial charge >= 0.3 is 0 Å². The van der Waals surface area contributed by atoms with E-state index in [4.69, 9.17) is 11.6 Å². The first kappa shape index (κ1) is 6.89. The zero-order valence-electron chi connectivity index (χ0n) is 6.37. The Morgan fingerprint density at radius 2 is 2.20 bits per heavy atom. The number of alkyl halides is 1. The zero-order chi connectivity index (χ0) is 7.41. The van der Waals surface area contributed by atoms with Crippen molar-refractivity contribution in [2.24, 2.45) is 0 Å². The van der Waals surface area contributed by atoms with E-state index in [1.807, 2.05) is 0 Å². The molecule has 2 aliphatic rings. The lowest BCUT2D eigenvalue weighted by atomic mass is 9.91. The molecule has 1 aliphatic heterocycles. The second-order valence-corrected chi connectivity index (χ2v) is 4.55. The van der Waals surface area contributed by atoms with Crippen LogP contribution < -0.4 is 10.9 Å². The van der Waals surface area contributed by atoms with E-state index in [1.54, 1.807) is 0 Å². The molecule has 1 aliphatic carbocycles. The van der Waals surface area contributed by atoms with Gasteiger partial charge in [-0.1, -0.05) is 0 Å². The van der Waals surface area contributed by atoms with Crippen LogP contribution in [0.3, 0.4) is 0 Å². The minimum Gasteiger partial charge on any atom is -0.252 e. The van der Waals surface area contributed by atoms with Gasteiger partial charge in [0.1, 0.15) is 0 Å². The second kappa shape index (κ2) is 1.68. The third-order valence-electron chi connectivity index (χ3n) is 3.19. The van der Waals surface area contributed by atoms with Crippen LogP contribution in [0.15, 0.2) is 0 Å². The van der Waals surface area contributed by atoms with Crippen LogP contribution in [-0.4, -0.2) is 16.5 Å². The Hall–Kier alpha value is 0.210. The minimum atomic E-state index is -0.0903. The van der Waals surface area contributed by atoms with Crippen LogP contribution in [-0.2, 0) is 0 Å². The summed E-state index contributed by atoms with van der Waals surface area (Å²) in [6.45, 7) is 4.29. The summed E-state index contributed by atoms with van der Waals surface area (Å²) >= 11 is 6.35. The summed E-state index contributed by atoms with van der Waals surface area (Å²) < 4.78 is 0. The number of nitrogens with one attached hydrogen (secondary N) is 2. The van der Waals surface area contributed by atoms with Crippen molar-refractivity contribution >= 4 is 11.6 Å². The molecule has 2 N–H and O–H groups in total. The first-order chi connectivity index (χ1) is 4.56. The molecule has 1 heterocycles. The van der Waals surface area contributed by atoms with Gasteiger partial charge in [-0.25, -0.2) is 5.43 Å². The van der Waals surface area contributed by atoms with E-state index < -0.39 is 0 Å². The van der Waals surface area contributed by atoms with Crippen molar-refractivity contribution in [3.05, 3.63) is 0 Å². The maximum absolute atomic E-state index is 6.35. The lowest BCUT2D eigenvalue weighted by Gasteiger charge is -2.30. The molecular weight excluding hydrogens is 148 g/mol. The molecular formula is C7H13ClN2. The molecule has 0 spiro atoms. The van der Waals surface area contributed by atoms with Crippen LogP contribution >= 0.6 is 11.6 Å². The molecule has 0 aromatic carbocycles. The number of hydrogen-bond donors (Lipinski definition) is 2. The first-order valence-electron chi connectivity index (χ1n) is 3.78. The summed E-state index contributed by atoms with van der Waals surface area (Å²) in [4.78, 5) is -0.0903. The third-order valence-corrected chi connectivity index (χ3v) is 3.87. The summed E-state index contributed by atoms with van der Waals surface area (Å²) in [7, 11) is 0. The van der Waals surface area contributed by atoms with Gasteiger partial charge in [0, 0.05) is 6.04 Å². The minimum absolute atomic E-state index is 0.0903. The molecule has 10 heavy (non-hydrogen) atoms. The highest BCUT2D eigenvalue weighted by atomic mass is 35.5. The van der Waals surface area contributed by atoms with E-state index in [-0.39, 0.29) is 10.4 Å². The van der Waals surface area contributed by atoms with E-state index in [0.717, 1.165) is 0 Å². The average Bonchev–Trinajstić information content (AvgIpc) is 2.18. The standard InChI is InChI=1S/C7H13ClN2/c1-6-4-3-5(9-10-6)7(6,2)8/h5,9-10H,3-4H2,1-2H3. The summed E-state index contributed by atoms with van der Waals surface area (Å²) in [5, 5.41) is 0. The molecule has 2 rings (SSSR count). The summed E-state index contributed by atoms with van der Waals surface area (Å²) in [6.07, 6.45) is 2.38. The van der Waals surface area contributed by atoms with Crippen molar-refractivity contribution in [2.75, 3.05) is 0 Å². The molecule has 2 fully saturated rings. The van der Waals surface area contributed by atoms with Crippen molar-refractivity contribution in [1.82, 2.24) is 10.9 Å². The predicted octanol–water partition coefficient (Wildman–Crippen LogP) is 1.01. The van der Waals surface area contributed by atoms with Crippen LogP contribution in [0.2, 0.25) is 0 Å².